The molecule has 3 aromatic rings. The van der Waals surface area contributed by atoms with Crippen molar-refractivity contribution in [2.45, 2.75) is 19.5 Å². The van der Waals surface area contributed by atoms with E-state index in [2.05, 4.69) is 33.5 Å². The average Bonchev–Trinajstić information content (AvgIpc) is 3.17. The maximum absolute atomic E-state index is 4.41. The van der Waals surface area contributed by atoms with E-state index in [4.69, 9.17) is 0 Å². The number of benzene rings is 1. The molecule has 1 atom stereocenters. The van der Waals surface area contributed by atoms with Gasteiger partial charge in [0.25, 0.3) is 0 Å². The summed E-state index contributed by atoms with van der Waals surface area (Å²) in [5, 5.41) is 7.82. The zero-order chi connectivity index (χ0) is 13.8. The number of imidazole rings is 1. The molecule has 0 amide bonds. The molecule has 0 aliphatic heterocycles. The summed E-state index contributed by atoms with van der Waals surface area (Å²) in [7, 11) is 0. The zero-order valence-corrected chi connectivity index (χ0v) is 11.3. The zero-order valence-electron chi connectivity index (χ0n) is 11.3. The van der Waals surface area contributed by atoms with Crippen molar-refractivity contribution >= 4 is 0 Å². The van der Waals surface area contributed by atoms with E-state index in [9.17, 15) is 0 Å². The van der Waals surface area contributed by atoms with E-state index in [1.165, 1.54) is 0 Å². The molecule has 2 heterocycles. The maximum Gasteiger partial charge on any atom is 0.120 e. The van der Waals surface area contributed by atoms with Crippen LogP contribution < -0.4 is 5.32 Å². The minimum atomic E-state index is 0.220. The van der Waals surface area contributed by atoms with Crippen molar-refractivity contribution in [1.29, 1.82) is 0 Å². The summed E-state index contributed by atoms with van der Waals surface area (Å²) in [6, 6.07) is 10.3. The van der Waals surface area contributed by atoms with E-state index in [0.717, 1.165) is 17.1 Å². The largest absolute Gasteiger partial charge is 0.348 e. The first kappa shape index (κ1) is 12.6. The van der Waals surface area contributed by atoms with Crippen LogP contribution in [0.1, 0.15) is 24.4 Å². The SMILES string of the molecule is CC(NCc1ncc[nH]1)c1cnn(-c2ccccc2)c1. The highest BCUT2D eigenvalue weighted by atomic mass is 15.3. The van der Waals surface area contributed by atoms with Gasteiger partial charge in [0.05, 0.1) is 18.4 Å². The highest BCUT2D eigenvalue weighted by Gasteiger charge is 2.08. The molecule has 3 rings (SSSR count). The predicted molar refractivity (Wildman–Crippen MR) is 77.4 cm³/mol. The van der Waals surface area contributed by atoms with Gasteiger partial charge in [0, 0.05) is 30.2 Å². The third-order valence-corrected chi connectivity index (χ3v) is 3.25. The quantitative estimate of drug-likeness (QED) is 0.746. The summed E-state index contributed by atoms with van der Waals surface area (Å²) < 4.78 is 1.89. The molecule has 0 saturated carbocycles. The van der Waals surface area contributed by atoms with Crippen molar-refractivity contribution in [1.82, 2.24) is 25.1 Å². The van der Waals surface area contributed by atoms with Gasteiger partial charge in [0.15, 0.2) is 0 Å². The number of nitrogens with zero attached hydrogens (tertiary/aromatic N) is 3. The summed E-state index contributed by atoms with van der Waals surface area (Å²) >= 11 is 0. The lowest BCUT2D eigenvalue weighted by molar-refractivity contribution is 0.562. The molecule has 0 spiro atoms. The first-order valence-electron chi connectivity index (χ1n) is 6.64. The molecule has 2 N–H and O–H groups in total. The number of hydrogen-bond donors (Lipinski definition) is 2. The summed E-state index contributed by atoms with van der Waals surface area (Å²) in [6.45, 7) is 2.83. The summed E-state index contributed by atoms with van der Waals surface area (Å²) in [4.78, 5) is 7.28. The Morgan fingerprint density at radius 1 is 1.30 bits per heavy atom. The van der Waals surface area contributed by atoms with E-state index in [1.807, 2.05) is 47.4 Å². The highest BCUT2D eigenvalue weighted by Crippen LogP contribution is 2.14. The second-order valence-electron chi connectivity index (χ2n) is 4.69. The molecule has 0 radical (unpaired) electrons. The smallest absolute Gasteiger partial charge is 0.120 e. The minimum Gasteiger partial charge on any atom is -0.348 e. The van der Waals surface area contributed by atoms with Crippen LogP contribution in [0.4, 0.5) is 0 Å². The molecule has 102 valence electrons. The fraction of sp³-hybridized carbons (Fsp3) is 0.200. The number of H-pyrrole nitrogens is 1. The van der Waals surface area contributed by atoms with Crippen LogP contribution in [0.25, 0.3) is 5.69 Å². The van der Waals surface area contributed by atoms with Crippen LogP contribution in [-0.2, 0) is 6.54 Å². The van der Waals surface area contributed by atoms with Gasteiger partial charge in [0.1, 0.15) is 5.82 Å². The van der Waals surface area contributed by atoms with Gasteiger partial charge >= 0.3 is 0 Å². The first-order valence-corrected chi connectivity index (χ1v) is 6.64. The minimum absolute atomic E-state index is 0.220. The Bertz CT molecular complexity index is 642. The Morgan fingerprint density at radius 2 is 2.15 bits per heavy atom. The van der Waals surface area contributed by atoms with E-state index in [1.54, 1.807) is 6.20 Å². The Balaban J connectivity index is 1.67. The molecule has 0 bridgehead atoms. The molecular formula is C15H17N5. The van der Waals surface area contributed by atoms with Crippen molar-refractivity contribution in [2.24, 2.45) is 0 Å². The van der Waals surface area contributed by atoms with Crippen LogP contribution >= 0.6 is 0 Å². The Kier molecular flexibility index (Phi) is 3.60. The molecule has 1 aromatic carbocycles. The molecular weight excluding hydrogens is 250 g/mol. The summed E-state index contributed by atoms with van der Waals surface area (Å²) in [6.07, 6.45) is 7.53. The molecule has 5 nitrogen and oxygen atoms in total. The van der Waals surface area contributed by atoms with Gasteiger partial charge < -0.3 is 10.3 Å². The molecule has 0 fully saturated rings. The predicted octanol–water partition coefficient (Wildman–Crippen LogP) is 2.45. The second kappa shape index (κ2) is 5.71. The lowest BCUT2D eigenvalue weighted by Gasteiger charge is -2.10. The number of para-hydroxylation sites is 1. The van der Waals surface area contributed by atoms with Crippen LogP contribution in [0.2, 0.25) is 0 Å². The van der Waals surface area contributed by atoms with Gasteiger partial charge in [-0.05, 0) is 19.1 Å². The van der Waals surface area contributed by atoms with Crippen molar-refractivity contribution < 1.29 is 0 Å². The Labute approximate surface area is 117 Å². The summed E-state index contributed by atoms with van der Waals surface area (Å²) in [5.74, 6) is 0.937. The van der Waals surface area contributed by atoms with Gasteiger partial charge in [-0.3, -0.25) is 0 Å². The fourth-order valence-corrected chi connectivity index (χ4v) is 2.04. The van der Waals surface area contributed by atoms with Crippen LogP contribution in [0.15, 0.2) is 55.1 Å². The molecule has 0 aliphatic rings. The standard InChI is InChI=1S/C15H17N5/c1-12(18-10-15-16-7-8-17-15)13-9-19-20(11-13)14-5-3-2-4-6-14/h2-9,11-12,18H,10H2,1H3,(H,16,17). The molecule has 1 unspecified atom stereocenters. The molecule has 0 aliphatic carbocycles. The van der Waals surface area contributed by atoms with Crippen molar-refractivity contribution in [2.75, 3.05) is 0 Å². The Hall–Kier alpha value is -2.40. The van der Waals surface area contributed by atoms with Gasteiger partial charge in [-0.2, -0.15) is 5.10 Å². The fourth-order valence-electron chi connectivity index (χ4n) is 2.04. The number of hydrogen-bond acceptors (Lipinski definition) is 3. The monoisotopic (exact) mass is 267 g/mol. The number of aromatic amines is 1. The lowest BCUT2D eigenvalue weighted by Crippen LogP contribution is -2.18. The lowest BCUT2D eigenvalue weighted by atomic mass is 10.2. The van der Waals surface area contributed by atoms with Gasteiger partial charge in [-0.15, -0.1) is 0 Å². The van der Waals surface area contributed by atoms with Gasteiger partial charge in [-0.1, -0.05) is 18.2 Å². The first-order chi connectivity index (χ1) is 9.83. The van der Waals surface area contributed by atoms with Crippen LogP contribution in [0, 0.1) is 0 Å². The third kappa shape index (κ3) is 2.78. The van der Waals surface area contributed by atoms with Crippen LogP contribution in [0.5, 0.6) is 0 Å². The van der Waals surface area contributed by atoms with E-state index >= 15 is 0 Å². The van der Waals surface area contributed by atoms with Crippen molar-refractivity contribution in [3.8, 4) is 5.69 Å². The molecule has 5 heteroatoms. The average molecular weight is 267 g/mol. The maximum atomic E-state index is 4.41. The second-order valence-corrected chi connectivity index (χ2v) is 4.69. The summed E-state index contributed by atoms with van der Waals surface area (Å²) in [5.41, 5.74) is 2.22. The van der Waals surface area contributed by atoms with Gasteiger partial charge in [-0.25, -0.2) is 9.67 Å². The number of aromatic nitrogens is 4. The van der Waals surface area contributed by atoms with Crippen molar-refractivity contribution in [3.63, 3.8) is 0 Å². The Morgan fingerprint density at radius 3 is 2.90 bits per heavy atom. The molecule has 0 saturated heterocycles. The molecule has 2 aromatic heterocycles. The van der Waals surface area contributed by atoms with Crippen LogP contribution in [-0.4, -0.2) is 19.7 Å². The molecule has 20 heavy (non-hydrogen) atoms. The van der Waals surface area contributed by atoms with E-state index in [-0.39, 0.29) is 6.04 Å². The number of nitrogens with one attached hydrogen (secondary N) is 2. The third-order valence-electron chi connectivity index (χ3n) is 3.25. The van der Waals surface area contributed by atoms with Crippen LogP contribution in [0.3, 0.4) is 0 Å². The normalized spacial score (nSPS) is 12.4. The highest BCUT2D eigenvalue weighted by molar-refractivity contribution is 5.31. The van der Waals surface area contributed by atoms with Gasteiger partial charge in [0.2, 0.25) is 0 Å². The van der Waals surface area contributed by atoms with E-state index < -0.39 is 0 Å². The van der Waals surface area contributed by atoms with Crippen molar-refractivity contribution in [3.05, 3.63) is 66.5 Å². The van der Waals surface area contributed by atoms with E-state index in [0.29, 0.717) is 6.54 Å². The number of rotatable bonds is 5. The topological polar surface area (TPSA) is 58.5 Å².